The van der Waals surface area contributed by atoms with Crippen LogP contribution in [0.4, 0.5) is 5.69 Å². The molecule has 0 aliphatic rings. The van der Waals surface area contributed by atoms with Crippen molar-refractivity contribution in [2.75, 3.05) is 13.7 Å². The van der Waals surface area contributed by atoms with E-state index in [9.17, 15) is 19.7 Å². The van der Waals surface area contributed by atoms with Crippen molar-refractivity contribution in [3.05, 3.63) is 33.1 Å². The Morgan fingerprint density at radius 2 is 2.30 bits per heavy atom. The molecule has 1 amide bonds. The standard InChI is InChI=1S/C10H10ClN3O6/c1-20-7(10(16)17)4-13-9(15)5-2-8(11)12-3-6(5)14(18)19/h2-3,7H,4H2,1H3,(H,13,15)(H,16,17). The molecule has 108 valence electrons. The zero-order valence-electron chi connectivity index (χ0n) is 10.2. The molecule has 1 aromatic rings. The lowest BCUT2D eigenvalue weighted by Gasteiger charge is -2.11. The maximum Gasteiger partial charge on any atom is 0.334 e. The van der Waals surface area contributed by atoms with E-state index >= 15 is 0 Å². The van der Waals surface area contributed by atoms with Crippen molar-refractivity contribution in [3.8, 4) is 0 Å². The second kappa shape index (κ2) is 6.78. The van der Waals surface area contributed by atoms with Crippen LogP contribution in [0.25, 0.3) is 0 Å². The second-order valence-corrected chi connectivity index (χ2v) is 3.94. The van der Waals surface area contributed by atoms with E-state index in [2.05, 4.69) is 15.0 Å². The number of methoxy groups -OCH3 is 1. The molecule has 0 bridgehead atoms. The average molecular weight is 304 g/mol. The van der Waals surface area contributed by atoms with E-state index in [1.54, 1.807) is 0 Å². The summed E-state index contributed by atoms with van der Waals surface area (Å²) in [4.78, 5) is 36.0. The quantitative estimate of drug-likeness (QED) is 0.443. The number of aromatic nitrogens is 1. The minimum absolute atomic E-state index is 0.0951. The Bertz CT molecular complexity index is 550. The highest BCUT2D eigenvalue weighted by molar-refractivity contribution is 6.29. The fourth-order valence-corrected chi connectivity index (χ4v) is 1.46. The summed E-state index contributed by atoms with van der Waals surface area (Å²) >= 11 is 5.57. The van der Waals surface area contributed by atoms with Crippen molar-refractivity contribution in [2.45, 2.75) is 6.10 Å². The van der Waals surface area contributed by atoms with E-state index in [1.807, 2.05) is 0 Å². The molecule has 0 aliphatic carbocycles. The number of pyridine rings is 1. The lowest BCUT2D eigenvalue weighted by Crippen LogP contribution is -2.38. The van der Waals surface area contributed by atoms with Crippen molar-refractivity contribution in [2.24, 2.45) is 0 Å². The van der Waals surface area contributed by atoms with Gasteiger partial charge in [-0.05, 0) is 6.07 Å². The molecule has 0 aromatic carbocycles. The zero-order valence-corrected chi connectivity index (χ0v) is 11.0. The number of carboxylic acid groups (broad SMARTS) is 1. The van der Waals surface area contributed by atoms with Crippen LogP contribution in [0.1, 0.15) is 10.4 Å². The number of nitrogens with zero attached hydrogens (tertiary/aromatic N) is 2. The van der Waals surface area contributed by atoms with Gasteiger partial charge in [-0.25, -0.2) is 9.78 Å². The molecule has 2 N–H and O–H groups in total. The van der Waals surface area contributed by atoms with E-state index in [0.29, 0.717) is 0 Å². The van der Waals surface area contributed by atoms with Gasteiger partial charge in [0.05, 0.1) is 11.5 Å². The van der Waals surface area contributed by atoms with Gasteiger partial charge in [-0.2, -0.15) is 0 Å². The summed E-state index contributed by atoms with van der Waals surface area (Å²) < 4.78 is 4.61. The van der Waals surface area contributed by atoms with E-state index in [1.165, 1.54) is 0 Å². The van der Waals surface area contributed by atoms with Gasteiger partial charge in [-0.1, -0.05) is 11.6 Å². The summed E-state index contributed by atoms with van der Waals surface area (Å²) in [6.45, 7) is -0.345. The monoisotopic (exact) mass is 303 g/mol. The lowest BCUT2D eigenvalue weighted by molar-refractivity contribution is -0.385. The number of amides is 1. The Labute approximate surface area is 117 Å². The van der Waals surface area contributed by atoms with Crippen molar-refractivity contribution < 1.29 is 24.4 Å². The number of ether oxygens (including phenoxy) is 1. The van der Waals surface area contributed by atoms with Gasteiger partial charge in [0.2, 0.25) is 0 Å². The molecule has 20 heavy (non-hydrogen) atoms. The van der Waals surface area contributed by atoms with Crippen LogP contribution in [-0.2, 0) is 9.53 Å². The fraction of sp³-hybridized carbons (Fsp3) is 0.300. The Morgan fingerprint density at radius 3 is 2.80 bits per heavy atom. The normalized spacial score (nSPS) is 11.7. The van der Waals surface area contributed by atoms with Crippen molar-refractivity contribution in [3.63, 3.8) is 0 Å². The summed E-state index contributed by atoms with van der Waals surface area (Å²) in [6, 6.07) is 1.03. The van der Waals surface area contributed by atoms with Crippen LogP contribution in [0.2, 0.25) is 5.15 Å². The van der Waals surface area contributed by atoms with Gasteiger partial charge in [0, 0.05) is 7.11 Å². The lowest BCUT2D eigenvalue weighted by atomic mass is 10.2. The van der Waals surface area contributed by atoms with Gasteiger partial charge in [-0.15, -0.1) is 0 Å². The van der Waals surface area contributed by atoms with Crippen LogP contribution >= 0.6 is 11.6 Å². The molecule has 0 spiro atoms. The molecule has 1 atom stereocenters. The summed E-state index contributed by atoms with van der Waals surface area (Å²) in [5, 5.41) is 21.6. The van der Waals surface area contributed by atoms with E-state index in [0.717, 1.165) is 19.4 Å². The smallest absolute Gasteiger partial charge is 0.334 e. The maximum absolute atomic E-state index is 11.8. The molecular formula is C10H10ClN3O6. The average Bonchev–Trinajstić information content (AvgIpc) is 2.38. The molecule has 1 unspecified atom stereocenters. The molecule has 0 radical (unpaired) electrons. The Balaban J connectivity index is 2.89. The van der Waals surface area contributed by atoms with Crippen molar-refractivity contribution in [1.29, 1.82) is 0 Å². The molecule has 0 saturated heterocycles. The highest BCUT2D eigenvalue weighted by Gasteiger charge is 2.23. The maximum atomic E-state index is 11.8. The molecule has 0 saturated carbocycles. The third kappa shape index (κ3) is 3.87. The number of nitro groups is 1. The molecule has 1 heterocycles. The number of carboxylic acids is 1. The number of rotatable bonds is 6. The summed E-state index contributed by atoms with van der Waals surface area (Å²) in [5.74, 6) is -2.11. The second-order valence-electron chi connectivity index (χ2n) is 3.55. The zero-order chi connectivity index (χ0) is 15.3. The number of carbonyl (C=O) groups excluding carboxylic acids is 1. The van der Waals surface area contributed by atoms with E-state index in [-0.39, 0.29) is 17.3 Å². The predicted octanol–water partition coefficient (Wildman–Crippen LogP) is 0.473. The number of hydrogen-bond donors (Lipinski definition) is 2. The number of carbonyl (C=O) groups is 2. The molecule has 1 rings (SSSR count). The number of hydrogen-bond acceptors (Lipinski definition) is 6. The van der Waals surface area contributed by atoms with Gasteiger partial charge in [0.1, 0.15) is 16.9 Å². The van der Waals surface area contributed by atoms with Gasteiger partial charge in [-0.3, -0.25) is 14.9 Å². The Hall–Kier alpha value is -2.26. The van der Waals surface area contributed by atoms with Gasteiger partial charge in [0.25, 0.3) is 11.6 Å². The Kier molecular flexibility index (Phi) is 5.35. The summed E-state index contributed by atoms with van der Waals surface area (Å²) in [7, 11) is 1.16. The minimum atomic E-state index is -1.27. The van der Waals surface area contributed by atoms with Crippen molar-refractivity contribution in [1.82, 2.24) is 10.3 Å². The highest BCUT2D eigenvalue weighted by atomic mass is 35.5. The molecule has 10 heteroatoms. The van der Waals surface area contributed by atoms with Crippen LogP contribution in [-0.4, -0.2) is 46.6 Å². The number of aliphatic carboxylic acids is 1. The number of nitrogens with one attached hydrogen (secondary N) is 1. The third-order valence-corrected chi connectivity index (χ3v) is 2.51. The SMILES string of the molecule is COC(CNC(=O)c1cc(Cl)ncc1[N+](=O)[O-])C(=O)O. The molecule has 0 fully saturated rings. The highest BCUT2D eigenvalue weighted by Crippen LogP contribution is 2.20. The summed E-state index contributed by atoms with van der Waals surface area (Å²) in [6.07, 6.45) is -0.405. The van der Waals surface area contributed by atoms with Crippen LogP contribution in [0.15, 0.2) is 12.3 Å². The van der Waals surface area contributed by atoms with Crippen molar-refractivity contribution >= 4 is 29.2 Å². The fourth-order valence-electron chi connectivity index (χ4n) is 1.30. The first-order chi connectivity index (χ1) is 9.36. The Morgan fingerprint density at radius 1 is 1.65 bits per heavy atom. The van der Waals surface area contributed by atoms with Crippen LogP contribution < -0.4 is 5.32 Å². The van der Waals surface area contributed by atoms with Crippen LogP contribution in [0.5, 0.6) is 0 Å². The molecule has 9 nitrogen and oxygen atoms in total. The van der Waals surface area contributed by atoms with E-state index in [4.69, 9.17) is 16.7 Å². The van der Waals surface area contributed by atoms with Gasteiger partial charge < -0.3 is 15.2 Å². The minimum Gasteiger partial charge on any atom is -0.479 e. The molecule has 1 aromatic heterocycles. The number of halogens is 1. The first kappa shape index (κ1) is 15.8. The largest absolute Gasteiger partial charge is 0.479 e. The third-order valence-electron chi connectivity index (χ3n) is 2.30. The summed E-state index contributed by atoms with van der Waals surface area (Å²) in [5.41, 5.74) is -0.841. The van der Waals surface area contributed by atoms with Crippen LogP contribution in [0.3, 0.4) is 0 Å². The van der Waals surface area contributed by atoms with Crippen LogP contribution in [0, 0.1) is 10.1 Å². The van der Waals surface area contributed by atoms with Gasteiger partial charge >= 0.3 is 5.97 Å². The molecule has 0 aliphatic heterocycles. The predicted molar refractivity (Wildman–Crippen MR) is 66.7 cm³/mol. The van der Waals surface area contributed by atoms with E-state index < -0.39 is 28.6 Å². The first-order valence-electron chi connectivity index (χ1n) is 5.20. The first-order valence-corrected chi connectivity index (χ1v) is 5.58. The molecular weight excluding hydrogens is 294 g/mol. The topological polar surface area (TPSA) is 132 Å². The van der Waals surface area contributed by atoms with Gasteiger partial charge in [0.15, 0.2) is 6.10 Å².